The Morgan fingerprint density at radius 3 is 2.36 bits per heavy atom. The van der Waals surface area contributed by atoms with Gasteiger partial charge in [0, 0.05) is 23.1 Å². The van der Waals surface area contributed by atoms with E-state index in [-0.39, 0.29) is 11.5 Å². The summed E-state index contributed by atoms with van der Waals surface area (Å²) in [6.07, 6.45) is 0.573. The van der Waals surface area contributed by atoms with Crippen molar-refractivity contribution in [2.75, 3.05) is 14.2 Å². The van der Waals surface area contributed by atoms with Crippen molar-refractivity contribution in [1.29, 1.82) is 0 Å². The number of hydrazone groups is 1. The highest BCUT2D eigenvalue weighted by molar-refractivity contribution is 6.06. The lowest BCUT2D eigenvalue weighted by atomic mass is 9.94. The lowest BCUT2D eigenvalue weighted by Crippen LogP contribution is -2.40. The van der Waals surface area contributed by atoms with E-state index in [1.54, 1.807) is 32.4 Å². The molecule has 0 spiro atoms. The lowest BCUT2D eigenvalue weighted by molar-refractivity contribution is 0.0612. The number of rotatable bonds is 5. The van der Waals surface area contributed by atoms with Crippen LogP contribution in [0.25, 0.3) is 0 Å². The van der Waals surface area contributed by atoms with Crippen molar-refractivity contribution in [3.8, 4) is 11.5 Å². The average Bonchev–Trinajstić information content (AvgIpc) is 3.02. The molecule has 0 aliphatic carbocycles. The predicted molar refractivity (Wildman–Crippen MR) is 106 cm³/mol. The third-order valence-electron chi connectivity index (χ3n) is 4.70. The summed E-state index contributed by atoms with van der Waals surface area (Å²) in [5.41, 5.74) is 7.07. The molecule has 0 radical (unpaired) electrons. The van der Waals surface area contributed by atoms with Crippen LogP contribution >= 0.6 is 0 Å². The zero-order valence-electron chi connectivity index (χ0n) is 16.4. The smallest absolute Gasteiger partial charge is 0.274 e. The van der Waals surface area contributed by atoms with Gasteiger partial charge in [0.15, 0.2) is 11.5 Å². The summed E-state index contributed by atoms with van der Waals surface area (Å²) in [7, 11) is 3.15. The summed E-state index contributed by atoms with van der Waals surface area (Å²) in [5, 5.41) is 6.04. The van der Waals surface area contributed by atoms with Gasteiger partial charge >= 0.3 is 0 Å². The first kappa shape index (κ1) is 19.4. The van der Waals surface area contributed by atoms with Crippen molar-refractivity contribution in [3.63, 3.8) is 0 Å². The summed E-state index contributed by atoms with van der Waals surface area (Å²) in [6.45, 7) is 3.89. The van der Waals surface area contributed by atoms with Crippen LogP contribution in [0.15, 0.2) is 47.6 Å². The molecule has 0 saturated carbocycles. The third-order valence-corrected chi connectivity index (χ3v) is 4.70. The maximum Gasteiger partial charge on any atom is 0.274 e. The normalized spacial score (nSPS) is 15.1. The van der Waals surface area contributed by atoms with E-state index in [1.165, 1.54) is 11.1 Å². The van der Waals surface area contributed by atoms with Gasteiger partial charge in [-0.25, -0.2) is 5.01 Å². The van der Waals surface area contributed by atoms with Gasteiger partial charge in [0.1, 0.15) is 0 Å². The van der Waals surface area contributed by atoms with Crippen molar-refractivity contribution >= 4 is 17.5 Å². The molecule has 0 bridgehead atoms. The van der Waals surface area contributed by atoms with Crippen LogP contribution in [0.2, 0.25) is 0 Å². The highest BCUT2D eigenvalue weighted by Gasteiger charge is 2.39. The van der Waals surface area contributed by atoms with Crippen LogP contribution in [0.4, 0.5) is 0 Å². The van der Waals surface area contributed by atoms with E-state index in [0.717, 1.165) is 11.3 Å². The molecule has 2 aromatic carbocycles. The standard InChI is InChI=1S/C21H23N3O4/c1-21(2)12-16(13-8-9-17(27-3)18(11-13)28-4)23-24(21)20(26)15-7-5-6-14(10-15)19(22)25/h5-11H,12H2,1-4H3,(H2,22,25). The molecule has 146 valence electrons. The highest BCUT2D eigenvalue weighted by atomic mass is 16.5. The Morgan fingerprint density at radius 1 is 1.04 bits per heavy atom. The molecule has 0 saturated heterocycles. The molecule has 0 fully saturated rings. The molecule has 2 N–H and O–H groups in total. The number of ether oxygens (including phenoxy) is 2. The summed E-state index contributed by atoms with van der Waals surface area (Å²) in [4.78, 5) is 24.5. The molecule has 0 atom stereocenters. The second-order valence-electron chi connectivity index (χ2n) is 7.17. The minimum Gasteiger partial charge on any atom is -0.493 e. The van der Waals surface area contributed by atoms with Gasteiger partial charge in [-0.2, -0.15) is 5.10 Å². The second-order valence-corrected chi connectivity index (χ2v) is 7.17. The minimum absolute atomic E-state index is 0.284. The third kappa shape index (κ3) is 3.55. The van der Waals surface area contributed by atoms with Crippen molar-refractivity contribution < 1.29 is 19.1 Å². The molecule has 1 aliphatic rings. The zero-order chi connectivity index (χ0) is 20.5. The van der Waals surface area contributed by atoms with Crippen molar-refractivity contribution in [1.82, 2.24) is 5.01 Å². The topological polar surface area (TPSA) is 94.2 Å². The second kappa shape index (κ2) is 7.34. The fraction of sp³-hybridized carbons (Fsp3) is 0.286. The summed E-state index contributed by atoms with van der Waals surface area (Å²) < 4.78 is 10.6. The lowest BCUT2D eigenvalue weighted by Gasteiger charge is -2.28. The molecule has 0 aromatic heterocycles. The van der Waals surface area contributed by atoms with E-state index >= 15 is 0 Å². The Morgan fingerprint density at radius 2 is 1.71 bits per heavy atom. The number of benzene rings is 2. The Labute approximate surface area is 163 Å². The van der Waals surface area contributed by atoms with E-state index < -0.39 is 11.4 Å². The highest BCUT2D eigenvalue weighted by Crippen LogP contribution is 2.34. The molecule has 7 nitrogen and oxygen atoms in total. The van der Waals surface area contributed by atoms with Gasteiger partial charge in [0.25, 0.3) is 5.91 Å². The number of amides is 2. The summed E-state index contributed by atoms with van der Waals surface area (Å²) in [5.74, 6) is 0.355. The maximum absolute atomic E-state index is 13.1. The Balaban J connectivity index is 1.96. The SMILES string of the molecule is COc1ccc(C2=NN(C(=O)c3cccc(C(N)=O)c3)C(C)(C)C2)cc1OC. The first-order valence-corrected chi connectivity index (χ1v) is 8.81. The van der Waals surface area contributed by atoms with E-state index in [2.05, 4.69) is 5.10 Å². The Hall–Kier alpha value is -3.35. The quantitative estimate of drug-likeness (QED) is 0.862. The minimum atomic E-state index is -0.579. The van der Waals surface area contributed by atoms with E-state index in [0.29, 0.717) is 23.5 Å². The van der Waals surface area contributed by atoms with Gasteiger partial charge in [-0.05, 0) is 50.2 Å². The molecule has 7 heteroatoms. The number of nitrogens with two attached hydrogens (primary N) is 1. The summed E-state index contributed by atoms with van der Waals surface area (Å²) >= 11 is 0. The number of hydrogen-bond donors (Lipinski definition) is 1. The number of methoxy groups -OCH3 is 2. The van der Waals surface area contributed by atoms with Crippen molar-refractivity contribution in [2.24, 2.45) is 10.8 Å². The van der Waals surface area contributed by atoms with Gasteiger partial charge in [-0.15, -0.1) is 0 Å². The van der Waals surface area contributed by atoms with E-state index in [4.69, 9.17) is 15.2 Å². The van der Waals surface area contributed by atoms with Crippen LogP contribution in [-0.2, 0) is 0 Å². The number of hydrogen-bond acceptors (Lipinski definition) is 5. The van der Waals surface area contributed by atoms with Crippen LogP contribution in [0.1, 0.15) is 46.5 Å². The number of primary amides is 1. The molecular weight excluding hydrogens is 358 g/mol. The van der Waals surface area contributed by atoms with Crippen LogP contribution in [0.3, 0.4) is 0 Å². The van der Waals surface area contributed by atoms with Crippen LogP contribution in [-0.4, -0.2) is 42.3 Å². The molecule has 28 heavy (non-hydrogen) atoms. The molecular formula is C21H23N3O4. The average molecular weight is 381 g/mol. The molecule has 0 unspecified atom stereocenters. The largest absolute Gasteiger partial charge is 0.493 e. The Bertz CT molecular complexity index is 966. The first-order chi connectivity index (χ1) is 13.3. The van der Waals surface area contributed by atoms with Crippen molar-refractivity contribution in [3.05, 3.63) is 59.2 Å². The monoisotopic (exact) mass is 381 g/mol. The fourth-order valence-electron chi connectivity index (χ4n) is 3.20. The van der Waals surface area contributed by atoms with Gasteiger partial charge < -0.3 is 15.2 Å². The zero-order valence-corrected chi connectivity index (χ0v) is 16.4. The van der Waals surface area contributed by atoms with E-state index in [1.807, 2.05) is 32.0 Å². The molecule has 1 aliphatic heterocycles. The number of nitrogens with zero attached hydrogens (tertiary/aromatic N) is 2. The van der Waals surface area contributed by atoms with Crippen LogP contribution in [0, 0.1) is 0 Å². The van der Waals surface area contributed by atoms with E-state index in [9.17, 15) is 9.59 Å². The maximum atomic E-state index is 13.1. The Kier molecular flexibility index (Phi) is 5.09. The van der Waals surface area contributed by atoms with Gasteiger partial charge in [-0.3, -0.25) is 9.59 Å². The summed E-state index contributed by atoms with van der Waals surface area (Å²) in [6, 6.07) is 11.9. The van der Waals surface area contributed by atoms with Gasteiger partial charge in [0.2, 0.25) is 5.91 Å². The predicted octanol–water partition coefficient (Wildman–Crippen LogP) is 2.83. The van der Waals surface area contributed by atoms with Crippen molar-refractivity contribution in [2.45, 2.75) is 25.8 Å². The molecule has 2 aromatic rings. The molecule has 1 heterocycles. The fourth-order valence-corrected chi connectivity index (χ4v) is 3.20. The number of carbonyl (C=O) groups is 2. The van der Waals surface area contributed by atoms with Crippen LogP contribution in [0.5, 0.6) is 11.5 Å². The first-order valence-electron chi connectivity index (χ1n) is 8.81. The molecule has 2 amide bonds. The van der Waals surface area contributed by atoms with Gasteiger partial charge in [-0.1, -0.05) is 6.07 Å². The molecule has 3 rings (SSSR count). The van der Waals surface area contributed by atoms with Gasteiger partial charge in [0.05, 0.1) is 25.5 Å². The van der Waals surface area contributed by atoms with Crippen LogP contribution < -0.4 is 15.2 Å². The number of carbonyl (C=O) groups excluding carboxylic acids is 2.